The van der Waals surface area contributed by atoms with Crippen LogP contribution in [0.3, 0.4) is 0 Å². The number of fused-ring (bicyclic) bond motifs is 1. The fourth-order valence-corrected chi connectivity index (χ4v) is 2.03. The quantitative estimate of drug-likeness (QED) is 0.653. The standard InChI is InChI=1S/C11H15NO2/c12-10(6-13)8-4-7-2-1-3-9(7)11(14)5-8/h4-5,10,13-14H,1-3,6,12H2/t10-/m0/s1. The lowest BCUT2D eigenvalue weighted by molar-refractivity contribution is 0.267. The van der Waals surface area contributed by atoms with Crippen LogP contribution in [0.15, 0.2) is 12.1 Å². The van der Waals surface area contributed by atoms with E-state index in [1.54, 1.807) is 6.07 Å². The summed E-state index contributed by atoms with van der Waals surface area (Å²) in [4.78, 5) is 0. The SMILES string of the molecule is N[C@@H](CO)c1cc(O)c2c(c1)CCC2. The molecule has 1 atom stereocenters. The minimum Gasteiger partial charge on any atom is -0.508 e. The molecule has 0 radical (unpaired) electrons. The third-order valence-electron chi connectivity index (χ3n) is 2.84. The molecule has 0 heterocycles. The van der Waals surface area contributed by atoms with Gasteiger partial charge >= 0.3 is 0 Å². The zero-order valence-electron chi connectivity index (χ0n) is 8.03. The maximum Gasteiger partial charge on any atom is 0.119 e. The number of benzene rings is 1. The predicted octanol–water partition coefficient (Wildman–Crippen LogP) is 0.873. The number of hydrogen-bond acceptors (Lipinski definition) is 3. The lowest BCUT2D eigenvalue weighted by atomic mass is 10.0. The molecule has 0 aliphatic heterocycles. The van der Waals surface area contributed by atoms with Crippen LogP contribution in [0.2, 0.25) is 0 Å². The van der Waals surface area contributed by atoms with E-state index in [-0.39, 0.29) is 12.6 Å². The molecule has 14 heavy (non-hydrogen) atoms. The second-order valence-electron chi connectivity index (χ2n) is 3.82. The summed E-state index contributed by atoms with van der Waals surface area (Å²) in [5.41, 5.74) is 8.76. The van der Waals surface area contributed by atoms with Crippen molar-refractivity contribution in [1.82, 2.24) is 0 Å². The van der Waals surface area contributed by atoms with Gasteiger partial charge < -0.3 is 15.9 Å². The number of aliphatic hydroxyl groups excluding tert-OH is 1. The molecule has 4 N–H and O–H groups in total. The van der Waals surface area contributed by atoms with Crippen molar-refractivity contribution in [3.63, 3.8) is 0 Å². The first kappa shape index (κ1) is 9.49. The van der Waals surface area contributed by atoms with E-state index in [0.717, 1.165) is 30.4 Å². The number of rotatable bonds is 2. The third-order valence-corrected chi connectivity index (χ3v) is 2.84. The predicted molar refractivity (Wildman–Crippen MR) is 54.1 cm³/mol. The summed E-state index contributed by atoms with van der Waals surface area (Å²) in [6, 6.07) is 3.29. The van der Waals surface area contributed by atoms with Crippen LogP contribution in [-0.2, 0) is 12.8 Å². The average molecular weight is 193 g/mol. The van der Waals surface area contributed by atoms with E-state index in [9.17, 15) is 5.11 Å². The number of phenols is 1. The van der Waals surface area contributed by atoms with Gasteiger partial charge in [-0.05, 0) is 42.0 Å². The van der Waals surface area contributed by atoms with E-state index < -0.39 is 0 Å². The minimum absolute atomic E-state index is 0.0851. The smallest absolute Gasteiger partial charge is 0.119 e. The Bertz CT molecular complexity index is 349. The molecule has 1 aromatic rings. The molecule has 0 spiro atoms. The molecule has 3 heteroatoms. The Labute approximate surface area is 83.2 Å². The summed E-state index contributed by atoms with van der Waals surface area (Å²) in [5, 5.41) is 18.6. The Kier molecular flexibility index (Phi) is 2.44. The van der Waals surface area contributed by atoms with Crippen LogP contribution < -0.4 is 5.73 Å². The van der Waals surface area contributed by atoms with Gasteiger partial charge in [-0.25, -0.2) is 0 Å². The minimum atomic E-state index is -0.383. The van der Waals surface area contributed by atoms with Crippen LogP contribution in [0.25, 0.3) is 0 Å². The van der Waals surface area contributed by atoms with Crippen molar-refractivity contribution >= 4 is 0 Å². The zero-order chi connectivity index (χ0) is 10.1. The third kappa shape index (κ3) is 1.49. The lowest BCUT2D eigenvalue weighted by Crippen LogP contribution is -2.14. The van der Waals surface area contributed by atoms with Crippen molar-refractivity contribution in [2.45, 2.75) is 25.3 Å². The van der Waals surface area contributed by atoms with Crippen LogP contribution in [0.5, 0.6) is 5.75 Å². The number of aryl methyl sites for hydroxylation is 1. The number of aliphatic hydroxyl groups is 1. The molecule has 3 nitrogen and oxygen atoms in total. The van der Waals surface area contributed by atoms with E-state index in [2.05, 4.69) is 0 Å². The summed E-state index contributed by atoms with van der Waals surface area (Å²) in [6.45, 7) is -0.0851. The Morgan fingerprint density at radius 3 is 2.86 bits per heavy atom. The number of aromatic hydroxyl groups is 1. The number of hydrogen-bond donors (Lipinski definition) is 3. The highest BCUT2D eigenvalue weighted by Crippen LogP contribution is 2.32. The fourth-order valence-electron chi connectivity index (χ4n) is 2.03. The fraction of sp³-hybridized carbons (Fsp3) is 0.455. The van der Waals surface area contributed by atoms with Gasteiger partial charge in [0, 0.05) is 0 Å². The molecular weight excluding hydrogens is 178 g/mol. The Balaban J connectivity index is 2.41. The summed E-state index contributed by atoms with van der Waals surface area (Å²) >= 11 is 0. The normalized spacial score (nSPS) is 16.7. The number of phenolic OH excluding ortho intramolecular Hbond substituents is 1. The second-order valence-corrected chi connectivity index (χ2v) is 3.82. The van der Waals surface area contributed by atoms with E-state index in [1.807, 2.05) is 6.07 Å². The van der Waals surface area contributed by atoms with Crippen LogP contribution in [0.4, 0.5) is 0 Å². The average Bonchev–Trinajstić information content (AvgIpc) is 2.64. The van der Waals surface area contributed by atoms with Gasteiger partial charge in [0.25, 0.3) is 0 Å². The molecule has 0 bridgehead atoms. The van der Waals surface area contributed by atoms with E-state index in [4.69, 9.17) is 10.8 Å². The van der Waals surface area contributed by atoms with Crippen molar-refractivity contribution in [3.8, 4) is 5.75 Å². The van der Waals surface area contributed by atoms with E-state index in [0.29, 0.717) is 5.75 Å². The Morgan fingerprint density at radius 1 is 1.36 bits per heavy atom. The van der Waals surface area contributed by atoms with E-state index in [1.165, 1.54) is 5.56 Å². The highest BCUT2D eigenvalue weighted by Gasteiger charge is 2.17. The van der Waals surface area contributed by atoms with Crippen LogP contribution in [0.1, 0.15) is 29.2 Å². The Hall–Kier alpha value is -1.06. The highest BCUT2D eigenvalue weighted by atomic mass is 16.3. The first-order chi connectivity index (χ1) is 6.72. The highest BCUT2D eigenvalue weighted by molar-refractivity contribution is 5.46. The summed E-state index contributed by atoms with van der Waals surface area (Å²) < 4.78 is 0. The van der Waals surface area contributed by atoms with Gasteiger partial charge in [-0.2, -0.15) is 0 Å². The molecule has 0 amide bonds. The molecule has 0 saturated heterocycles. The van der Waals surface area contributed by atoms with Crippen molar-refractivity contribution in [2.24, 2.45) is 5.73 Å². The van der Waals surface area contributed by atoms with Crippen LogP contribution >= 0.6 is 0 Å². The molecule has 0 fully saturated rings. The van der Waals surface area contributed by atoms with Gasteiger partial charge in [0.05, 0.1) is 12.6 Å². The van der Waals surface area contributed by atoms with Gasteiger partial charge in [0.1, 0.15) is 5.75 Å². The van der Waals surface area contributed by atoms with Gasteiger partial charge in [0.2, 0.25) is 0 Å². The monoisotopic (exact) mass is 193 g/mol. The molecule has 1 aliphatic carbocycles. The second kappa shape index (κ2) is 3.59. The largest absolute Gasteiger partial charge is 0.508 e. The van der Waals surface area contributed by atoms with Crippen molar-refractivity contribution in [3.05, 3.63) is 28.8 Å². The van der Waals surface area contributed by atoms with Crippen molar-refractivity contribution < 1.29 is 10.2 Å². The number of nitrogens with two attached hydrogens (primary N) is 1. The van der Waals surface area contributed by atoms with Crippen molar-refractivity contribution in [2.75, 3.05) is 6.61 Å². The zero-order valence-corrected chi connectivity index (χ0v) is 8.03. The van der Waals surface area contributed by atoms with Gasteiger partial charge in [-0.1, -0.05) is 6.07 Å². The molecule has 76 valence electrons. The van der Waals surface area contributed by atoms with Gasteiger partial charge in [-0.3, -0.25) is 0 Å². The lowest BCUT2D eigenvalue weighted by Gasteiger charge is -2.11. The molecule has 1 aromatic carbocycles. The van der Waals surface area contributed by atoms with Gasteiger partial charge in [0.15, 0.2) is 0 Å². The molecule has 0 saturated carbocycles. The molecule has 2 rings (SSSR count). The maximum atomic E-state index is 9.72. The summed E-state index contributed by atoms with van der Waals surface area (Å²) in [6.07, 6.45) is 3.06. The van der Waals surface area contributed by atoms with Crippen LogP contribution in [0, 0.1) is 0 Å². The molecule has 0 aromatic heterocycles. The maximum absolute atomic E-state index is 9.72. The topological polar surface area (TPSA) is 66.5 Å². The summed E-state index contributed by atoms with van der Waals surface area (Å²) in [5.74, 6) is 0.332. The van der Waals surface area contributed by atoms with Crippen molar-refractivity contribution in [1.29, 1.82) is 0 Å². The first-order valence-electron chi connectivity index (χ1n) is 4.93. The van der Waals surface area contributed by atoms with E-state index >= 15 is 0 Å². The Morgan fingerprint density at radius 2 is 2.14 bits per heavy atom. The molecular formula is C11H15NO2. The first-order valence-corrected chi connectivity index (χ1v) is 4.93. The molecule has 0 unspecified atom stereocenters. The summed E-state index contributed by atoms with van der Waals surface area (Å²) in [7, 11) is 0. The van der Waals surface area contributed by atoms with Crippen LogP contribution in [-0.4, -0.2) is 16.8 Å². The molecule has 1 aliphatic rings. The van der Waals surface area contributed by atoms with Gasteiger partial charge in [-0.15, -0.1) is 0 Å².